The van der Waals surface area contributed by atoms with Crippen molar-refractivity contribution in [2.24, 2.45) is 5.41 Å². The summed E-state index contributed by atoms with van der Waals surface area (Å²) in [7, 11) is 0. The molecule has 1 N–H and O–H groups in total. The van der Waals surface area contributed by atoms with Crippen LogP contribution in [0, 0.1) is 16.7 Å². The average Bonchev–Trinajstić information content (AvgIpc) is 2.27. The summed E-state index contributed by atoms with van der Waals surface area (Å²) >= 11 is 0. The molecule has 0 bridgehead atoms. The zero-order chi connectivity index (χ0) is 13.2. The summed E-state index contributed by atoms with van der Waals surface area (Å²) in [6.07, 6.45) is -4.36. The Balaban J connectivity index is 2.04. The summed E-state index contributed by atoms with van der Waals surface area (Å²) in [4.78, 5) is 0. The molecule has 96 valence electrons. The van der Waals surface area contributed by atoms with Crippen molar-refractivity contribution in [2.45, 2.75) is 6.18 Å². The van der Waals surface area contributed by atoms with Gasteiger partial charge >= 0.3 is 6.18 Å². The molecule has 0 saturated carbocycles. The van der Waals surface area contributed by atoms with Crippen molar-refractivity contribution in [2.75, 3.05) is 25.1 Å². The van der Waals surface area contributed by atoms with Crippen LogP contribution in [0.2, 0.25) is 0 Å². The molecule has 1 fully saturated rings. The number of hydrogen-bond acceptors (Lipinski definition) is 3. The third-order valence-electron chi connectivity index (χ3n) is 2.81. The first-order chi connectivity index (χ1) is 8.45. The molecular weight excluding hydrogens is 245 g/mol. The number of anilines is 1. The highest BCUT2D eigenvalue weighted by atomic mass is 19.4. The van der Waals surface area contributed by atoms with Crippen molar-refractivity contribution in [1.29, 1.82) is 5.26 Å². The number of nitriles is 1. The van der Waals surface area contributed by atoms with Crippen molar-refractivity contribution < 1.29 is 17.9 Å². The van der Waals surface area contributed by atoms with Gasteiger partial charge in [0.05, 0.1) is 24.8 Å². The van der Waals surface area contributed by atoms with Crippen molar-refractivity contribution in [1.82, 2.24) is 0 Å². The largest absolute Gasteiger partial charge is 0.416 e. The molecule has 1 saturated heterocycles. The van der Waals surface area contributed by atoms with Gasteiger partial charge in [0.2, 0.25) is 0 Å². The lowest BCUT2D eigenvalue weighted by atomic mass is 9.88. The van der Waals surface area contributed by atoms with Crippen LogP contribution in [0.25, 0.3) is 0 Å². The maximum absolute atomic E-state index is 12.5. The molecule has 6 heteroatoms. The lowest BCUT2D eigenvalue weighted by molar-refractivity contribution is -0.137. The van der Waals surface area contributed by atoms with Crippen LogP contribution < -0.4 is 5.32 Å². The first-order valence-electron chi connectivity index (χ1n) is 5.35. The van der Waals surface area contributed by atoms with Crippen LogP contribution in [-0.4, -0.2) is 19.8 Å². The summed E-state index contributed by atoms with van der Waals surface area (Å²) in [6, 6.07) is 7.04. The summed E-state index contributed by atoms with van der Waals surface area (Å²) in [6.45, 7) is 0.912. The Kier molecular flexibility index (Phi) is 3.18. The molecule has 0 atom stereocenters. The second kappa shape index (κ2) is 4.50. The van der Waals surface area contributed by atoms with Gasteiger partial charge in [0.15, 0.2) is 0 Å². The molecule has 0 radical (unpaired) electrons. The number of alkyl halides is 3. The van der Waals surface area contributed by atoms with Crippen molar-refractivity contribution in [3.8, 4) is 6.07 Å². The quantitative estimate of drug-likeness (QED) is 0.904. The molecular formula is C12H11F3N2O. The maximum Gasteiger partial charge on any atom is 0.416 e. The van der Waals surface area contributed by atoms with E-state index in [1.165, 1.54) is 6.07 Å². The summed E-state index contributed by atoms with van der Waals surface area (Å²) < 4.78 is 42.4. The van der Waals surface area contributed by atoms with E-state index in [4.69, 9.17) is 10.00 Å². The smallest absolute Gasteiger partial charge is 0.383 e. The van der Waals surface area contributed by atoms with E-state index in [0.29, 0.717) is 18.9 Å². The van der Waals surface area contributed by atoms with Gasteiger partial charge in [-0.05, 0) is 18.2 Å². The molecule has 1 heterocycles. The number of nitrogens with one attached hydrogen (secondary N) is 1. The second-order valence-electron chi connectivity index (χ2n) is 4.32. The van der Waals surface area contributed by atoms with Crippen molar-refractivity contribution in [3.63, 3.8) is 0 Å². The molecule has 0 aromatic heterocycles. The van der Waals surface area contributed by atoms with Gasteiger partial charge in [0, 0.05) is 12.2 Å². The van der Waals surface area contributed by atoms with Gasteiger partial charge in [0.25, 0.3) is 0 Å². The first-order valence-corrected chi connectivity index (χ1v) is 5.35. The first kappa shape index (κ1) is 12.7. The van der Waals surface area contributed by atoms with Gasteiger partial charge in [-0.15, -0.1) is 0 Å². The van der Waals surface area contributed by atoms with Gasteiger partial charge in [-0.1, -0.05) is 6.07 Å². The molecule has 1 aliphatic rings. The highest BCUT2D eigenvalue weighted by Gasteiger charge is 2.39. The van der Waals surface area contributed by atoms with Crippen molar-refractivity contribution >= 4 is 5.69 Å². The minimum absolute atomic E-state index is 0.283. The molecule has 0 aliphatic carbocycles. The molecule has 0 amide bonds. The van der Waals surface area contributed by atoms with E-state index in [2.05, 4.69) is 11.4 Å². The summed E-state index contributed by atoms with van der Waals surface area (Å²) in [5.41, 5.74) is -0.969. The number of ether oxygens (including phenoxy) is 1. The molecule has 1 aromatic rings. The Morgan fingerprint density at radius 2 is 2.11 bits per heavy atom. The highest BCUT2D eigenvalue weighted by molar-refractivity contribution is 5.47. The Morgan fingerprint density at radius 1 is 1.39 bits per heavy atom. The fraction of sp³-hybridized carbons (Fsp3) is 0.417. The van der Waals surface area contributed by atoms with Crippen LogP contribution >= 0.6 is 0 Å². The van der Waals surface area contributed by atoms with Crippen LogP contribution in [0.4, 0.5) is 18.9 Å². The Hall–Kier alpha value is -1.74. The van der Waals surface area contributed by atoms with Crippen molar-refractivity contribution in [3.05, 3.63) is 29.8 Å². The maximum atomic E-state index is 12.5. The second-order valence-corrected chi connectivity index (χ2v) is 4.32. The van der Waals surface area contributed by atoms with E-state index in [-0.39, 0.29) is 6.54 Å². The van der Waals surface area contributed by atoms with Gasteiger partial charge < -0.3 is 10.1 Å². The molecule has 3 nitrogen and oxygen atoms in total. The third kappa shape index (κ3) is 2.57. The number of nitrogens with zero attached hydrogens (tertiary/aromatic N) is 1. The van der Waals surface area contributed by atoms with Gasteiger partial charge in [-0.3, -0.25) is 0 Å². The van der Waals surface area contributed by atoms with Crippen LogP contribution in [-0.2, 0) is 10.9 Å². The minimum atomic E-state index is -4.36. The molecule has 18 heavy (non-hydrogen) atoms. The molecule has 0 spiro atoms. The van der Waals surface area contributed by atoms with Gasteiger partial charge in [-0.2, -0.15) is 18.4 Å². The lowest BCUT2D eigenvalue weighted by Crippen LogP contribution is -2.46. The lowest BCUT2D eigenvalue weighted by Gasteiger charge is -2.35. The molecule has 0 unspecified atom stereocenters. The average molecular weight is 256 g/mol. The Morgan fingerprint density at radius 3 is 2.61 bits per heavy atom. The summed E-state index contributed by atoms with van der Waals surface area (Å²) in [5, 5.41) is 11.8. The Bertz CT molecular complexity index is 475. The number of benzene rings is 1. The van der Waals surface area contributed by atoms with E-state index in [1.54, 1.807) is 6.07 Å². The topological polar surface area (TPSA) is 45.0 Å². The number of hydrogen-bond donors (Lipinski definition) is 1. The minimum Gasteiger partial charge on any atom is -0.383 e. The third-order valence-corrected chi connectivity index (χ3v) is 2.81. The van der Waals surface area contributed by atoms with E-state index < -0.39 is 17.2 Å². The zero-order valence-corrected chi connectivity index (χ0v) is 9.42. The SMILES string of the molecule is N#CC1(CNc2cccc(C(F)(F)F)c2)COC1. The monoisotopic (exact) mass is 256 g/mol. The van der Waals surface area contributed by atoms with E-state index in [1.807, 2.05) is 0 Å². The molecule has 1 aromatic carbocycles. The van der Waals surface area contributed by atoms with Crippen LogP contribution in [0.15, 0.2) is 24.3 Å². The molecule has 2 rings (SSSR count). The zero-order valence-electron chi connectivity index (χ0n) is 9.42. The summed E-state index contributed by atoms with van der Waals surface area (Å²) in [5.74, 6) is 0. The van der Waals surface area contributed by atoms with Crippen LogP contribution in [0.3, 0.4) is 0 Å². The van der Waals surface area contributed by atoms with Crippen LogP contribution in [0.1, 0.15) is 5.56 Å². The normalized spacial score (nSPS) is 17.7. The standard InChI is InChI=1S/C12H11F3N2O/c13-12(14,15)9-2-1-3-10(4-9)17-6-11(5-16)7-18-8-11/h1-4,17H,6-8H2. The van der Waals surface area contributed by atoms with Crippen LogP contribution in [0.5, 0.6) is 0 Å². The predicted molar refractivity (Wildman–Crippen MR) is 58.8 cm³/mol. The fourth-order valence-electron chi connectivity index (χ4n) is 1.63. The highest BCUT2D eigenvalue weighted by Crippen LogP contribution is 2.31. The van der Waals surface area contributed by atoms with Gasteiger partial charge in [-0.25, -0.2) is 0 Å². The number of halogens is 3. The van der Waals surface area contributed by atoms with E-state index in [9.17, 15) is 13.2 Å². The Labute approximate surface area is 102 Å². The predicted octanol–water partition coefficient (Wildman–Crippen LogP) is 2.66. The van der Waals surface area contributed by atoms with Gasteiger partial charge in [0.1, 0.15) is 5.41 Å². The number of rotatable bonds is 3. The van der Waals surface area contributed by atoms with E-state index in [0.717, 1.165) is 12.1 Å². The fourth-order valence-corrected chi connectivity index (χ4v) is 1.63. The van der Waals surface area contributed by atoms with E-state index >= 15 is 0 Å². The molecule has 1 aliphatic heterocycles.